The molecule has 2 heterocycles. The van der Waals surface area contributed by atoms with E-state index in [0.717, 1.165) is 32.0 Å². The van der Waals surface area contributed by atoms with Gasteiger partial charge in [0.2, 0.25) is 0 Å². The van der Waals surface area contributed by atoms with E-state index in [9.17, 15) is 0 Å². The highest BCUT2D eigenvalue weighted by Gasteiger charge is 2.28. The first-order valence-electron chi connectivity index (χ1n) is 6.14. The smallest absolute Gasteiger partial charge is 0.122 e. The molecule has 0 amide bonds. The van der Waals surface area contributed by atoms with Gasteiger partial charge in [-0.3, -0.25) is 4.90 Å². The molecule has 96 valence electrons. The molecule has 2 rings (SSSR count). The maximum Gasteiger partial charge on any atom is 0.122 e. The Kier molecular flexibility index (Phi) is 4.15. The van der Waals surface area contributed by atoms with Crippen LogP contribution in [0.1, 0.15) is 12.2 Å². The zero-order valence-corrected chi connectivity index (χ0v) is 10.9. The quantitative estimate of drug-likeness (QED) is 0.815. The highest BCUT2D eigenvalue weighted by atomic mass is 16.5. The molecule has 1 aliphatic heterocycles. The highest BCUT2D eigenvalue weighted by Crippen LogP contribution is 2.14. The van der Waals surface area contributed by atoms with E-state index >= 15 is 0 Å². The number of nitrogens with zero attached hydrogens (tertiary/aromatic N) is 3. The molecule has 17 heavy (non-hydrogen) atoms. The fourth-order valence-electron chi connectivity index (χ4n) is 2.38. The summed E-state index contributed by atoms with van der Waals surface area (Å²) in [5.41, 5.74) is 0. The molecule has 0 bridgehead atoms. The van der Waals surface area contributed by atoms with E-state index in [0.29, 0.717) is 12.1 Å². The Bertz CT molecular complexity index is 352. The minimum atomic E-state index is 0.422. The maximum atomic E-state index is 5.58. The van der Waals surface area contributed by atoms with E-state index in [1.807, 2.05) is 26.5 Å². The molecule has 0 radical (unpaired) electrons. The Hall–Kier alpha value is -0.910. The van der Waals surface area contributed by atoms with E-state index in [1.54, 1.807) is 0 Å². The first kappa shape index (κ1) is 12.5. The second-order valence-corrected chi connectivity index (χ2v) is 4.70. The van der Waals surface area contributed by atoms with Gasteiger partial charge in [-0.05, 0) is 20.5 Å². The van der Waals surface area contributed by atoms with Crippen molar-refractivity contribution in [1.29, 1.82) is 0 Å². The van der Waals surface area contributed by atoms with Crippen molar-refractivity contribution in [1.82, 2.24) is 19.8 Å². The Morgan fingerprint density at radius 2 is 2.47 bits per heavy atom. The molecular formula is C12H22N4O. The zero-order valence-electron chi connectivity index (χ0n) is 10.9. The van der Waals surface area contributed by atoms with Crippen molar-refractivity contribution >= 4 is 0 Å². The third-order valence-electron chi connectivity index (χ3n) is 3.58. The van der Waals surface area contributed by atoms with Gasteiger partial charge in [-0.2, -0.15) is 0 Å². The van der Waals surface area contributed by atoms with Crippen LogP contribution in [0, 0.1) is 0 Å². The summed E-state index contributed by atoms with van der Waals surface area (Å²) in [6.45, 7) is 2.51. The van der Waals surface area contributed by atoms with Gasteiger partial charge in [-0.25, -0.2) is 4.98 Å². The molecule has 5 heteroatoms. The van der Waals surface area contributed by atoms with Gasteiger partial charge in [0.15, 0.2) is 0 Å². The number of hydrogen-bond acceptors (Lipinski definition) is 4. The second kappa shape index (κ2) is 5.62. The van der Waals surface area contributed by atoms with Gasteiger partial charge < -0.3 is 14.6 Å². The van der Waals surface area contributed by atoms with Crippen molar-refractivity contribution in [3.63, 3.8) is 0 Å². The Morgan fingerprint density at radius 3 is 3.12 bits per heavy atom. The predicted molar refractivity (Wildman–Crippen MR) is 66.7 cm³/mol. The average molecular weight is 238 g/mol. The monoisotopic (exact) mass is 238 g/mol. The zero-order chi connectivity index (χ0) is 12.3. The van der Waals surface area contributed by atoms with Crippen LogP contribution in [0.25, 0.3) is 0 Å². The SMILES string of the molecule is CNC1CCOCC1N(C)Cc1nccn1C. The fraction of sp³-hybridized carbons (Fsp3) is 0.750. The molecule has 2 atom stereocenters. The van der Waals surface area contributed by atoms with Gasteiger partial charge >= 0.3 is 0 Å². The number of likely N-dealkylation sites (N-methyl/N-ethyl adjacent to an activating group) is 2. The van der Waals surface area contributed by atoms with Crippen molar-refractivity contribution in [3.05, 3.63) is 18.2 Å². The van der Waals surface area contributed by atoms with Crippen LogP contribution in [0.4, 0.5) is 0 Å². The molecule has 1 N–H and O–H groups in total. The summed E-state index contributed by atoms with van der Waals surface area (Å²) in [6, 6.07) is 0.930. The van der Waals surface area contributed by atoms with E-state index < -0.39 is 0 Å². The molecule has 1 aromatic heterocycles. The van der Waals surface area contributed by atoms with Gasteiger partial charge in [0.1, 0.15) is 5.82 Å². The van der Waals surface area contributed by atoms with Gasteiger partial charge in [-0.1, -0.05) is 0 Å². The number of aromatic nitrogens is 2. The molecule has 1 fully saturated rings. The standard InChI is InChI=1S/C12H22N4O/c1-13-10-4-7-17-9-11(10)16(3)8-12-14-5-6-15(12)2/h5-6,10-11,13H,4,7-9H2,1-3H3. The van der Waals surface area contributed by atoms with Crippen LogP contribution in [0.5, 0.6) is 0 Å². The lowest BCUT2D eigenvalue weighted by molar-refractivity contribution is 0.00426. The number of imidazole rings is 1. The minimum absolute atomic E-state index is 0.422. The topological polar surface area (TPSA) is 42.3 Å². The Labute approximate surface area is 103 Å². The van der Waals surface area contributed by atoms with Crippen LogP contribution < -0.4 is 5.32 Å². The van der Waals surface area contributed by atoms with Crippen LogP contribution in [-0.4, -0.2) is 53.8 Å². The minimum Gasteiger partial charge on any atom is -0.380 e. The Morgan fingerprint density at radius 1 is 1.65 bits per heavy atom. The van der Waals surface area contributed by atoms with Crippen molar-refractivity contribution < 1.29 is 4.74 Å². The van der Waals surface area contributed by atoms with Crippen molar-refractivity contribution in [2.45, 2.75) is 25.0 Å². The fourth-order valence-corrected chi connectivity index (χ4v) is 2.38. The normalized spacial score (nSPS) is 25.4. The summed E-state index contributed by atoms with van der Waals surface area (Å²) in [7, 11) is 6.19. The molecule has 2 unspecified atom stereocenters. The first-order valence-corrected chi connectivity index (χ1v) is 6.14. The van der Waals surface area contributed by atoms with Crippen LogP contribution in [0.2, 0.25) is 0 Å². The molecule has 0 saturated carbocycles. The van der Waals surface area contributed by atoms with Gasteiger partial charge in [0.05, 0.1) is 13.2 Å². The summed E-state index contributed by atoms with van der Waals surface area (Å²) in [5, 5.41) is 3.38. The largest absolute Gasteiger partial charge is 0.380 e. The van der Waals surface area contributed by atoms with E-state index in [-0.39, 0.29) is 0 Å². The summed E-state index contributed by atoms with van der Waals surface area (Å²) in [6.07, 6.45) is 4.90. The van der Waals surface area contributed by atoms with Crippen molar-refractivity contribution in [2.24, 2.45) is 7.05 Å². The van der Waals surface area contributed by atoms with E-state index in [2.05, 4.69) is 26.8 Å². The second-order valence-electron chi connectivity index (χ2n) is 4.70. The number of rotatable bonds is 4. The van der Waals surface area contributed by atoms with E-state index in [1.165, 1.54) is 0 Å². The third kappa shape index (κ3) is 2.86. The van der Waals surface area contributed by atoms with E-state index in [4.69, 9.17) is 4.74 Å². The summed E-state index contributed by atoms with van der Waals surface area (Å²) < 4.78 is 7.64. The summed E-state index contributed by atoms with van der Waals surface area (Å²) in [5.74, 6) is 1.09. The molecule has 0 aliphatic carbocycles. The molecule has 0 spiro atoms. The van der Waals surface area contributed by atoms with Crippen molar-refractivity contribution in [2.75, 3.05) is 27.3 Å². The maximum absolute atomic E-state index is 5.58. The van der Waals surface area contributed by atoms with Crippen LogP contribution in [-0.2, 0) is 18.3 Å². The van der Waals surface area contributed by atoms with Crippen LogP contribution in [0.3, 0.4) is 0 Å². The number of hydrogen-bond donors (Lipinski definition) is 1. The number of ether oxygens (including phenoxy) is 1. The van der Waals surface area contributed by atoms with Crippen LogP contribution >= 0.6 is 0 Å². The average Bonchev–Trinajstić information content (AvgIpc) is 2.75. The van der Waals surface area contributed by atoms with Gasteiger partial charge in [0.25, 0.3) is 0 Å². The molecule has 1 saturated heterocycles. The summed E-state index contributed by atoms with van der Waals surface area (Å²) >= 11 is 0. The molecule has 1 aromatic rings. The molecule has 0 aromatic carbocycles. The highest BCUT2D eigenvalue weighted by molar-refractivity contribution is 4.93. The lowest BCUT2D eigenvalue weighted by atomic mass is 10.0. The molecule has 1 aliphatic rings. The van der Waals surface area contributed by atoms with Crippen LogP contribution in [0.15, 0.2) is 12.4 Å². The third-order valence-corrected chi connectivity index (χ3v) is 3.58. The lowest BCUT2D eigenvalue weighted by Gasteiger charge is -2.37. The summed E-state index contributed by atoms with van der Waals surface area (Å²) in [4.78, 5) is 6.68. The van der Waals surface area contributed by atoms with Gasteiger partial charge in [-0.15, -0.1) is 0 Å². The first-order chi connectivity index (χ1) is 8.22. The molecular weight excluding hydrogens is 216 g/mol. The Balaban J connectivity index is 1.98. The lowest BCUT2D eigenvalue weighted by Crippen LogP contribution is -2.53. The predicted octanol–water partition coefficient (Wildman–Crippen LogP) is 0.229. The number of nitrogens with one attached hydrogen (secondary N) is 1. The van der Waals surface area contributed by atoms with Crippen molar-refractivity contribution in [3.8, 4) is 0 Å². The number of aryl methyl sites for hydroxylation is 1. The van der Waals surface area contributed by atoms with Gasteiger partial charge in [0, 0.05) is 38.1 Å². The molecule has 5 nitrogen and oxygen atoms in total.